The average Bonchev–Trinajstić information content (AvgIpc) is 3.22. The van der Waals surface area contributed by atoms with E-state index < -0.39 is 45.8 Å². The number of aromatic nitrogens is 1. The Morgan fingerprint density at radius 1 is 1.17 bits per heavy atom. The highest BCUT2D eigenvalue weighted by atomic mass is 32.2. The molecule has 2 aliphatic rings. The average molecular weight is 414 g/mol. The molecule has 0 spiro atoms. The van der Waals surface area contributed by atoms with E-state index in [2.05, 4.69) is 0 Å². The molecule has 0 aliphatic carbocycles. The molecule has 152 valence electrons. The van der Waals surface area contributed by atoms with Crippen molar-refractivity contribution < 1.29 is 24.6 Å². The summed E-state index contributed by atoms with van der Waals surface area (Å²) < 4.78 is 1.05. The summed E-state index contributed by atoms with van der Waals surface area (Å²) in [6, 6.07) is 12.0. The third kappa shape index (κ3) is 3.16. The van der Waals surface area contributed by atoms with Gasteiger partial charge in [-0.25, -0.2) is 4.79 Å². The number of β-lactam (4-membered cyclic amide) rings is 1. The minimum atomic E-state index is -1.51. The minimum absolute atomic E-state index is 0.324. The van der Waals surface area contributed by atoms with Gasteiger partial charge in [-0.1, -0.05) is 30.3 Å². The highest BCUT2D eigenvalue weighted by Gasteiger charge is 2.66. The molecular weight excluding hydrogens is 392 g/mol. The minimum Gasteiger partial charge on any atom is -0.480 e. The maximum absolute atomic E-state index is 13.0. The first-order valence-electron chi connectivity index (χ1n) is 9.36. The molecule has 0 saturated carbocycles. The van der Waals surface area contributed by atoms with Crippen molar-refractivity contribution in [3.8, 4) is 0 Å². The number of ketones is 1. The van der Waals surface area contributed by atoms with E-state index in [0.29, 0.717) is 12.2 Å². The van der Waals surface area contributed by atoms with Crippen molar-refractivity contribution in [2.75, 3.05) is 0 Å². The van der Waals surface area contributed by atoms with Crippen LogP contribution in [-0.4, -0.2) is 59.6 Å². The number of Topliss-reactive ketones (excluding diaryl/α,β-unsaturated/α-hetero) is 1. The SMILES string of the molecule is CC1(C)S[C@@H]2[C@H]([C@H](O)C(=O)c3cccn3Cc3ccccc3)C(=O)N2[C@H]1C(=O)O. The third-order valence-corrected chi connectivity index (χ3v) is 7.20. The Labute approximate surface area is 172 Å². The van der Waals surface area contributed by atoms with Crippen molar-refractivity contribution >= 4 is 29.4 Å². The summed E-state index contributed by atoms with van der Waals surface area (Å²) in [6.07, 6.45) is 0.249. The summed E-state index contributed by atoms with van der Waals surface area (Å²) in [6.45, 7) is 4.00. The number of carbonyl (C=O) groups is 3. The number of rotatable bonds is 6. The van der Waals surface area contributed by atoms with Crippen molar-refractivity contribution in [3.05, 3.63) is 59.9 Å². The molecule has 2 N–H and O–H groups in total. The Bertz CT molecular complexity index is 970. The predicted molar refractivity (Wildman–Crippen MR) is 108 cm³/mol. The number of carboxylic acid groups (broad SMARTS) is 1. The first-order valence-corrected chi connectivity index (χ1v) is 10.2. The van der Waals surface area contributed by atoms with Gasteiger partial charge in [0.1, 0.15) is 18.1 Å². The van der Waals surface area contributed by atoms with E-state index in [4.69, 9.17) is 0 Å². The van der Waals surface area contributed by atoms with Gasteiger partial charge < -0.3 is 19.7 Å². The molecular formula is C21H22N2O5S. The molecule has 3 heterocycles. The second-order valence-electron chi connectivity index (χ2n) is 7.94. The fraction of sp³-hybridized carbons (Fsp3) is 0.381. The molecule has 2 saturated heterocycles. The molecule has 7 nitrogen and oxygen atoms in total. The van der Waals surface area contributed by atoms with Gasteiger partial charge in [0.25, 0.3) is 0 Å². The number of amides is 1. The van der Waals surface area contributed by atoms with E-state index in [1.54, 1.807) is 36.7 Å². The fourth-order valence-corrected chi connectivity index (χ4v) is 5.92. The van der Waals surface area contributed by atoms with Gasteiger partial charge in [-0.05, 0) is 31.5 Å². The molecule has 2 fully saturated rings. The molecule has 4 atom stereocenters. The molecule has 2 aliphatic heterocycles. The van der Waals surface area contributed by atoms with Crippen LogP contribution in [-0.2, 0) is 16.1 Å². The van der Waals surface area contributed by atoms with Crippen LogP contribution in [0.5, 0.6) is 0 Å². The molecule has 8 heteroatoms. The number of carbonyl (C=O) groups excluding carboxylic acids is 2. The highest BCUT2D eigenvalue weighted by Crippen LogP contribution is 2.54. The smallest absolute Gasteiger partial charge is 0.327 e. The number of aliphatic hydroxyl groups is 1. The van der Waals surface area contributed by atoms with Crippen molar-refractivity contribution in [2.45, 2.75) is 42.7 Å². The summed E-state index contributed by atoms with van der Waals surface area (Å²) in [5.41, 5.74) is 1.33. The van der Waals surface area contributed by atoms with Crippen LogP contribution in [0.25, 0.3) is 0 Å². The van der Waals surface area contributed by atoms with E-state index in [1.807, 2.05) is 30.3 Å². The van der Waals surface area contributed by atoms with Crippen LogP contribution >= 0.6 is 11.8 Å². The molecule has 4 rings (SSSR count). The lowest BCUT2D eigenvalue weighted by molar-refractivity contribution is -0.167. The molecule has 1 aromatic heterocycles. The van der Waals surface area contributed by atoms with E-state index in [0.717, 1.165) is 5.56 Å². The van der Waals surface area contributed by atoms with Crippen molar-refractivity contribution in [3.63, 3.8) is 0 Å². The quantitative estimate of drug-likeness (QED) is 0.553. The summed E-state index contributed by atoms with van der Waals surface area (Å²) in [5.74, 6) is -3.02. The molecule has 29 heavy (non-hydrogen) atoms. The summed E-state index contributed by atoms with van der Waals surface area (Å²) in [5, 5.41) is 19.7. The van der Waals surface area contributed by atoms with Crippen LogP contribution in [0.2, 0.25) is 0 Å². The first kappa shape index (κ1) is 19.7. The molecule has 0 radical (unpaired) electrons. The standard InChI is InChI=1S/C21H22N2O5S/c1-21(2)17(20(27)28)23-18(26)14(19(23)29-21)16(25)15(24)13-9-6-10-22(13)11-12-7-4-3-5-8-12/h3-10,14,16-17,19,25H,11H2,1-2H3,(H,27,28)/t14-,16+,17+,19-/m1/s1. The summed E-state index contributed by atoms with van der Waals surface area (Å²) in [7, 11) is 0. The number of hydrogen-bond acceptors (Lipinski definition) is 5. The number of aliphatic hydroxyl groups excluding tert-OH is 1. The largest absolute Gasteiger partial charge is 0.480 e. The molecule has 1 aromatic carbocycles. The molecule has 2 aromatic rings. The number of carboxylic acids is 1. The Morgan fingerprint density at radius 3 is 2.52 bits per heavy atom. The summed E-state index contributed by atoms with van der Waals surface area (Å²) in [4.78, 5) is 38.6. The number of nitrogens with zero attached hydrogens (tertiary/aromatic N) is 2. The topological polar surface area (TPSA) is 99.8 Å². The van der Waals surface area contributed by atoms with Crippen molar-refractivity contribution in [1.29, 1.82) is 0 Å². The highest BCUT2D eigenvalue weighted by molar-refractivity contribution is 8.01. The Morgan fingerprint density at radius 2 is 1.86 bits per heavy atom. The van der Waals surface area contributed by atoms with Crippen LogP contribution in [0.15, 0.2) is 48.7 Å². The number of hydrogen-bond donors (Lipinski definition) is 2. The zero-order valence-corrected chi connectivity index (χ0v) is 16.9. The third-order valence-electron chi connectivity index (χ3n) is 5.60. The van der Waals surface area contributed by atoms with Crippen LogP contribution < -0.4 is 0 Å². The van der Waals surface area contributed by atoms with Gasteiger partial charge in [-0.2, -0.15) is 0 Å². The Hall–Kier alpha value is -2.58. The van der Waals surface area contributed by atoms with Gasteiger partial charge in [-0.3, -0.25) is 9.59 Å². The van der Waals surface area contributed by atoms with Crippen LogP contribution in [0, 0.1) is 5.92 Å². The summed E-state index contributed by atoms with van der Waals surface area (Å²) >= 11 is 1.32. The second-order valence-corrected chi connectivity index (χ2v) is 9.71. The van der Waals surface area contributed by atoms with Gasteiger partial charge in [0.05, 0.1) is 11.1 Å². The zero-order chi connectivity index (χ0) is 20.9. The van der Waals surface area contributed by atoms with E-state index in [-0.39, 0.29) is 0 Å². The molecule has 1 amide bonds. The Balaban J connectivity index is 1.54. The van der Waals surface area contributed by atoms with Gasteiger partial charge in [0.15, 0.2) is 0 Å². The second kappa shape index (κ2) is 7.03. The fourth-order valence-electron chi connectivity index (χ4n) is 4.20. The predicted octanol–water partition coefficient (Wildman–Crippen LogP) is 1.84. The van der Waals surface area contributed by atoms with E-state index in [1.165, 1.54) is 16.7 Å². The number of thioether (sulfide) groups is 1. The first-order chi connectivity index (χ1) is 13.7. The maximum Gasteiger partial charge on any atom is 0.327 e. The van der Waals surface area contributed by atoms with Crippen molar-refractivity contribution in [1.82, 2.24) is 9.47 Å². The number of fused-ring (bicyclic) bond motifs is 1. The molecule has 0 bridgehead atoms. The lowest BCUT2D eigenvalue weighted by atomic mass is 9.85. The molecule has 0 unspecified atom stereocenters. The van der Waals surface area contributed by atoms with Gasteiger partial charge in [0.2, 0.25) is 11.7 Å². The number of benzene rings is 1. The van der Waals surface area contributed by atoms with Crippen molar-refractivity contribution in [2.24, 2.45) is 5.92 Å². The monoisotopic (exact) mass is 414 g/mol. The van der Waals surface area contributed by atoms with Gasteiger partial charge in [0, 0.05) is 17.5 Å². The van der Waals surface area contributed by atoms with Gasteiger partial charge >= 0.3 is 5.97 Å². The van der Waals surface area contributed by atoms with Gasteiger partial charge in [-0.15, -0.1) is 11.8 Å². The van der Waals surface area contributed by atoms with E-state index in [9.17, 15) is 24.6 Å². The zero-order valence-electron chi connectivity index (χ0n) is 16.1. The lowest BCUT2D eigenvalue weighted by Gasteiger charge is -2.45. The maximum atomic E-state index is 13.0. The number of aliphatic carboxylic acids is 1. The Kier molecular flexibility index (Phi) is 4.78. The van der Waals surface area contributed by atoms with Crippen LogP contribution in [0.1, 0.15) is 29.9 Å². The van der Waals surface area contributed by atoms with Crippen LogP contribution in [0.4, 0.5) is 0 Å². The van der Waals surface area contributed by atoms with Crippen LogP contribution in [0.3, 0.4) is 0 Å². The normalized spacial score (nSPS) is 26.0. The lowest BCUT2D eigenvalue weighted by Crippen LogP contribution is -2.66. The van der Waals surface area contributed by atoms with E-state index >= 15 is 0 Å².